The van der Waals surface area contributed by atoms with Crippen molar-refractivity contribution < 1.29 is 4.79 Å². The number of aryl methyl sites for hydroxylation is 1. The van der Waals surface area contributed by atoms with E-state index in [1.807, 2.05) is 24.3 Å². The number of hydrogen-bond acceptors (Lipinski definition) is 3. The van der Waals surface area contributed by atoms with E-state index in [2.05, 4.69) is 4.98 Å². The zero-order valence-electron chi connectivity index (χ0n) is 9.07. The van der Waals surface area contributed by atoms with E-state index in [1.165, 1.54) is 11.3 Å². The number of carbonyl (C=O) groups excluding carboxylic acids is 1. The van der Waals surface area contributed by atoms with Gasteiger partial charge in [0.05, 0.1) is 10.6 Å². The number of Topliss-reactive ketones (excluding diaryl/α,β-unsaturated/α-hetero) is 1. The molecule has 0 amide bonds. The van der Waals surface area contributed by atoms with Gasteiger partial charge in [-0.05, 0) is 25.0 Å². The monoisotopic (exact) mass is 263 g/mol. The molecule has 0 saturated heterocycles. The van der Waals surface area contributed by atoms with Gasteiger partial charge in [-0.3, -0.25) is 4.79 Å². The summed E-state index contributed by atoms with van der Waals surface area (Å²) < 4.78 is 0. The zero-order valence-corrected chi connectivity index (χ0v) is 10.6. The normalized spacial score (nSPS) is 14.8. The van der Waals surface area contributed by atoms with Crippen molar-refractivity contribution in [2.24, 2.45) is 0 Å². The van der Waals surface area contributed by atoms with Crippen LogP contribution in [0.5, 0.6) is 0 Å². The number of aromatic nitrogens is 1. The zero-order chi connectivity index (χ0) is 11.8. The fourth-order valence-electron chi connectivity index (χ4n) is 1.98. The Hall–Kier alpha value is -1.19. The van der Waals surface area contributed by atoms with E-state index >= 15 is 0 Å². The van der Waals surface area contributed by atoms with Crippen molar-refractivity contribution in [1.29, 1.82) is 0 Å². The van der Waals surface area contributed by atoms with Crippen LogP contribution in [0.3, 0.4) is 0 Å². The molecule has 0 fully saturated rings. The topological polar surface area (TPSA) is 30.0 Å². The van der Waals surface area contributed by atoms with Crippen LogP contribution >= 0.6 is 22.9 Å². The number of benzene rings is 1. The van der Waals surface area contributed by atoms with Gasteiger partial charge in [0.2, 0.25) is 0 Å². The SMILES string of the molecule is O=C1CCCc2nc(-c3ccc(Cl)cc3)sc21. The predicted molar refractivity (Wildman–Crippen MR) is 69.8 cm³/mol. The molecule has 86 valence electrons. The Morgan fingerprint density at radius 2 is 1.94 bits per heavy atom. The predicted octanol–water partition coefficient (Wildman–Crippen LogP) is 3.98. The highest BCUT2D eigenvalue weighted by Crippen LogP contribution is 2.32. The molecule has 0 unspecified atom stereocenters. The van der Waals surface area contributed by atoms with Crippen LogP contribution in [0.25, 0.3) is 10.6 Å². The lowest BCUT2D eigenvalue weighted by molar-refractivity contribution is 0.0976. The van der Waals surface area contributed by atoms with Crippen molar-refractivity contribution in [3.63, 3.8) is 0 Å². The molecule has 0 bridgehead atoms. The quantitative estimate of drug-likeness (QED) is 0.779. The summed E-state index contributed by atoms with van der Waals surface area (Å²) in [5, 5.41) is 1.63. The maximum Gasteiger partial charge on any atom is 0.174 e. The van der Waals surface area contributed by atoms with Gasteiger partial charge in [-0.15, -0.1) is 11.3 Å². The van der Waals surface area contributed by atoms with E-state index < -0.39 is 0 Å². The number of rotatable bonds is 1. The first-order chi connectivity index (χ1) is 8.24. The average molecular weight is 264 g/mol. The molecule has 1 aliphatic rings. The third-order valence-corrected chi connectivity index (χ3v) is 4.30. The van der Waals surface area contributed by atoms with E-state index in [0.29, 0.717) is 11.4 Å². The summed E-state index contributed by atoms with van der Waals surface area (Å²) in [5.41, 5.74) is 2.00. The summed E-state index contributed by atoms with van der Waals surface area (Å²) in [6.07, 6.45) is 2.51. The fourth-order valence-corrected chi connectivity index (χ4v) is 3.20. The number of fused-ring (bicyclic) bond motifs is 1. The summed E-state index contributed by atoms with van der Waals surface area (Å²) in [6.45, 7) is 0. The Balaban J connectivity index is 2.05. The molecule has 0 atom stereocenters. The molecule has 2 nitrogen and oxygen atoms in total. The van der Waals surface area contributed by atoms with E-state index in [4.69, 9.17) is 11.6 Å². The van der Waals surface area contributed by atoms with Gasteiger partial charge in [-0.1, -0.05) is 23.7 Å². The van der Waals surface area contributed by atoms with Crippen LogP contribution in [0.4, 0.5) is 0 Å². The number of nitrogens with zero attached hydrogens (tertiary/aromatic N) is 1. The fraction of sp³-hybridized carbons (Fsp3) is 0.231. The molecule has 2 aromatic rings. The van der Waals surface area contributed by atoms with E-state index in [9.17, 15) is 4.79 Å². The largest absolute Gasteiger partial charge is 0.293 e. The maximum atomic E-state index is 11.7. The molecule has 0 aliphatic heterocycles. The van der Waals surface area contributed by atoms with Crippen molar-refractivity contribution in [1.82, 2.24) is 4.98 Å². The Morgan fingerprint density at radius 3 is 2.65 bits per heavy atom. The van der Waals surface area contributed by atoms with Crippen LogP contribution in [-0.4, -0.2) is 10.8 Å². The van der Waals surface area contributed by atoms with Crippen molar-refractivity contribution in [3.8, 4) is 10.6 Å². The second kappa shape index (κ2) is 4.24. The Kier molecular flexibility index (Phi) is 2.73. The lowest BCUT2D eigenvalue weighted by Gasteiger charge is -2.06. The molecule has 3 rings (SSSR count). The third kappa shape index (κ3) is 2.01. The molecule has 1 aromatic heterocycles. The molecule has 1 aliphatic carbocycles. The van der Waals surface area contributed by atoms with Crippen LogP contribution in [0.1, 0.15) is 28.2 Å². The number of ketones is 1. The van der Waals surface area contributed by atoms with Gasteiger partial charge in [0.25, 0.3) is 0 Å². The molecule has 17 heavy (non-hydrogen) atoms. The standard InChI is InChI=1S/C13H10ClNOS/c14-9-6-4-8(5-7-9)13-15-10-2-1-3-11(16)12(10)17-13/h4-7H,1-3H2. The van der Waals surface area contributed by atoms with E-state index in [0.717, 1.165) is 34.0 Å². The molecule has 0 spiro atoms. The van der Waals surface area contributed by atoms with Crippen molar-refractivity contribution in [3.05, 3.63) is 39.9 Å². The lowest BCUT2D eigenvalue weighted by atomic mass is 10.0. The molecular weight excluding hydrogens is 254 g/mol. The summed E-state index contributed by atoms with van der Waals surface area (Å²) in [4.78, 5) is 17.1. The van der Waals surface area contributed by atoms with Gasteiger partial charge < -0.3 is 0 Å². The first-order valence-corrected chi connectivity index (χ1v) is 6.72. The van der Waals surface area contributed by atoms with Crippen LogP contribution in [-0.2, 0) is 6.42 Å². The van der Waals surface area contributed by atoms with Crippen LogP contribution in [0.2, 0.25) is 5.02 Å². The highest BCUT2D eigenvalue weighted by atomic mass is 35.5. The van der Waals surface area contributed by atoms with E-state index in [1.54, 1.807) is 0 Å². The maximum absolute atomic E-state index is 11.7. The molecule has 4 heteroatoms. The Labute approximate surface area is 108 Å². The summed E-state index contributed by atoms with van der Waals surface area (Å²) in [5.74, 6) is 0.240. The van der Waals surface area contributed by atoms with Crippen LogP contribution in [0, 0.1) is 0 Å². The van der Waals surface area contributed by atoms with Crippen molar-refractivity contribution >= 4 is 28.7 Å². The van der Waals surface area contributed by atoms with Crippen molar-refractivity contribution in [2.75, 3.05) is 0 Å². The second-order valence-corrected chi connectivity index (χ2v) is 5.51. The molecule has 1 aromatic carbocycles. The molecular formula is C13H10ClNOS. The van der Waals surface area contributed by atoms with E-state index in [-0.39, 0.29) is 5.78 Å². The second-order valence-electron chi connectivity index (χ2n) is 4.08. The smallest absolute Gasteiger partial charge is 0.174 e. The van der Waals surface area contributed by atoms with Crippen molar-refractivity contribution in [2.45, 2.75) is 19.3 Å². The van der Waals surface area contributed by atoms with Gasteiger partial charge >= 0.3 is 0 Å². The third-order valence-electron chi connectivity index (χ3n) is 2.86. The lowest BCUT2D eigenvalue weighted by Crippen LogP contribution is -2.07. The summed E-state index contributed by atoms with van der Waals surface area (Å²) >= 11 is 7.35. The van der Waals surface area contributed by atoms with Gasteiger partial charge in [-0.2, -0.15) is 0 Å². The number of halogens is 1. The Morgan fingerprint density at radius 1 is 1.18 bits per heavy atom. The van der Waals surface area contributed by atoms with Gasteiger partial charge in [-0.25, -0.2) is 4.98 Å². The highest BCUT2D eigenvalue weighted by Gasteiger charge is 2.22. The molecule has 0 radical (unpaired) electrons. The minimum atomic E-state index is 0.240. The van der Waals surface area contributed by atoms with Crippen LogP contribution < -0.4 is 0 Å². The number of carbonyl (C=O) groups is 1. The number of thiazole rings is 1. The highest BCUT2D eigenvalue weighted by molar-refractivity contribution is 7.17. The van der Waals surface area contributed by atoms with Gasteiger partial charge in [0, 0.05) is 17.0 Å². The summed E-state index contributed by atoms with van der Waals surface area (Å²) in [6, 6.07) is 7.58. The minimum Gasteiger partial charge on any atom is -0.293 e. The minimum absolute atomic E-state index is 0.240. The average Bonchev–Trinajstić information content (AvgIpc) is 2.75. The van der Waals surface area contributed by atoms with Crippen LogP contribution in [0.15, 0.2) is 24.3 Å². The molecule has 1 heterocycles. The summed E-state index contributed by atoms with van der Waals surface area (Å²) in [7, 11) is 0. The first kappa shape index (κ1) is 10.9. The first-order valence-electron chi connectivity index (χ1n) is 5.53. The van der Waals surface area contributed by atoms with Gasteiger partial charge in [0.15, 0.2) is 5.78 Å². The van der Waals surface area contributed by atoms with Gasteiger partial charge in [0.1, 0.15) is 5.01 Å². The molecule has 0 N–H and O–H groups in total. The number of hydrogen-bond donors (Lipinski definition) is 0. The molecule has 0 saturated carbocycles. The Bertz CT molecular complexity index is 574.